The molecule has 0 bridgehead atoms. The number of hydrogen-bond donors (Lipinski definition) is 1. The summed E-state index contributed by atoms with van der Waals surface area (Å²) in [5.74, 6) is 0.597. The first-order chi connectivity index (χ1) is 7.70. The Hall–Kier alpha value is -1.32. The lowest BCUT2D eigenvalue weighted by molar-refractivity contribution is 0.564. The maximum absolute atomic E-state index is 5.91. The highest BCUT2D eigenvalue weighted by atomic mass is 35.5. The molecule has 0 fully saturated rings. The minimum atomic E-state index is 0.177. The summed E-state index contributed by atoms with van der Waals surface area (Å²) >= 11 is 5.91. The summed E-state index contributed by atoms with van der Waals surface area (Å²) in [4.78, 5) is 4.40. The molecule has 1 N–H and O–H groups in total. The molecule has 2 aromatic rings. The lowest BCUT2D eigenvalue weighted by Crippen LogP contribution is -2.12. The Balaban J connectivity index is 2.31. The number of oxazole rings is 1. The summed E-state index contributed by atoms with van der Waals surface area (Å²) in [5.41, 5.74) is 1.78. The fourth-order valence-electron chi connectivity index (χ4n) is 1.39. The molecule has 1 atom stereocenters. The summed E-state index contributed by atoms with van der Waals surface area (Å²) in [6, 6.07) is 7.64. The maximum Gasteiger partial charge on any atom is 0.226 e. The van der Waals surface area contributed by atoms with E-state index < -0.39 is 0 Å². The molecule has 0 saturated heterocycles. The smallest absolute Gasteiger partial charge is 0.226 e. The fourth-order valence-corrected chi connectivity index (χ4v) is 1.58. The number of rotatable bonds is 3. The van der Waals surface area contributed by atoms with Gasteiger partial charge in [-0.05, 0) is 32.2 Å². The third-order valence-electron chi connectivity index (χ3n) is 2.47. The number of halogens is 1. The molecule has 2 rings (SSSR count). The predicted molar refractivity (Wildman–Crippen MR) is 64.4 cm³/mol. The molecule has 3 nitrogen and oxygen atoms in total. The average Bonchev–Trinajstić information content (AvgIpc) is 2.77. The van der Waals surface area contributed by atoms with E-state index in [2.05, 4.69) is 10.3 Å². The van der Waals surface area contributed by atoms with Crippen molar-refractivity contribution in [3.8, 4) is 11.5 Å². The predicted octanol–water partition coefficient (Wildman–Crippen LogP) is 3.28. The number of hydrogen-bond acceptors (Lipinski definition) is 3. The summed E-state index contributed by atoms with van der Waals surface area (Å²) in [5, 5.41) is 3.79. The van der Waals surface area contributed by atoms with E-state index in [0.717, 1.165) is 11.3 Å². The molecule has 0 aliphatic rings. The third-order valence-corrected chi connectivity index (χ3v) is 2.71. The quantitative estimate of drug-likeness (QED) is 0.889. The number of benzene rings is 1. The van der Waals surface area contributed by atoms with Crippen LogP contribution in [-0.2, 0) is 0 Å². The van der Waals surface area contributed by atoms with Gasteiger partial charge in [-0.2, -0.15) is 0 Å². The number of nitrogens with zero attached hydrogens (tertiary/aromatic N) is 1. The molecule has 16 heavy (non-hydrogen) atoms. The van der Waals surface area contributed by atoms with Gasteiger partial charge in [0.2, 0.25) is 5.89 Å². The van der Waals surface area contributed by atoms with Crippen molar-refractivity contribution in [1.29, 1.82) is 0 Å². The molecular formula is C12H13ClN2O. The van der Waals surface area contributed by atoms with Crippen molar-refractivity contribution in [2.75, 3.05) is 7.05 Å². The minimum Gasteiger partial charge on any atom is -0.444 e. The molecule has 0 saturated carbocycles. The van der Waals surface area contributed by atoms with Crippen molar-refractivity contribution in [2.45, 2.75) is 13.0 Å². The van der Waals surface area contributed by atoms with Crippen molar-refractivity contribution in [3.63, 3.8) is 0 Å². The van der Waals surface area contributed by atoms with Crippen LogP contribution in [0.15, 0.2) is 34.9 Å². The van der Waals surface area contributed by atoms with Crippen LogP contribution in [0.5, 0.6) is 0 Å². The Labute approximate surface area is 99.5 Å². The van der Waals surface area contributed by atoms with Gasteiger partial charge in [-0.15, -0.1) is 0 Å². The van der Waals surface area contributed by atoms with Crippen molar-refractivity contribution in [1.82, 2.24) is 10.3 Å². The summed E-state index contributed by atoms with van der Waals surface area (Å²) in [6.07, 6.45) is 1.66. The molecule has 1 aromatic heterocycles. The molecule has 1 unspecified atom stereocenters. The van der Waals surface area contributed by atoms with E-state index >= 15 is 0 Å². The first kappa shape index (κ1) is 11.2. The second-order valence-electron chi connectivity index (χ2n) is 3.60. The van der Waals surface area contributed by atoms with E-state index in [-0.39, 0.29) is 6.04 Å². The Bertz CT molecular complexity index is 481. The number of aromatic nitrogens is 1. The summed E-state index contributed by atoms with van der Waals surface area (Å²) in [7, 11) is 1.89. The second-order valence-corrected chi connectivity index (χ2v) is 4.03. The standard InChI is InChI=1S/C12H13ClN2O/c1-8(14-2)11-7-16-12(15-11)9-4-3-5-10(13)6-9/h3-8,14H,1-2H3. The molecule has 0 amide bonds. The highest BCUT2D eigenvalue weighted by Crippen LogP contribution is 2.23. The molecular weight excluding hydrogens is 224 g/mol. The van der Waals surface area contributed by atoms with E-state index in [1.165, 1.54) is 0 Å². The summed E-state index contributed by atoms with van der Waals surface area (Å²) < 4.78 is 5.42. The first-order valence-corrected chi connectivity index (χ1v) is 5.47. The third kappa shape index (κ3) is 2.26. The maximum atomic E-state index is 5.91. The first-order valence-electron chi connectivity index (χ1n) is 5.09. The van der Waals surface area contributed by atoms with Crippen molar-refractivity contribution < 1.29 is 4.42 Å². The van der Waals surface area contributed by atoms with Crippen molar-refractivity contribution >= 4 is 11.6 Å². The SMILES string of the molecule is CNC(C)c1coc(-c2cccc(Cl)c2)n1. The largest absolute Gasteiger partial charge is 0.444 e. The van der Waals surface area contributed by atoms with Crippen LogP contribution >= 0.6 is 11.6 Å². The molecule has 0 radical (unpaired) electrons. The van der Waals surface area contributed by atoms with Gasteiger partial charge in [-0.25, -0.2) is 4.98 Å². The molecule has 4 heteroatoms. The van der Waals surface area contributed by atoms with Crippen molar-refractivity contribution in [2.24, 2.45) is 0 Å². The normalized spacial score (nSPS) is 12.7. The van der Waals surface area contributed by atoms with Gasteiger partial charge < -0.3 is 9.73 Å². The molecule has 0 aliphatic carbocycles. The molecule has 0 spiro atoms. The van der Waals surface area contributed by atoms with Crippen LogP contribution < -0.4 is 5.32 Å². The van der Waals surface area contributed by atoms with Gasteiger partial charge in [0.05, 0.1) is 5.69 Å². The van der Waals surface area contributed by atoms with Crippen LogP contribution in [0, 0.1) is 0 Å². The van der Waals surface area contributed by atoms with E-state index in [4.69, 9.17) is 16.0 Å². The highest BCUT2D eigenvalue weighted by molar-refractivity contribution is 6.30. The monoisotopic (exact) mass is 236 g/mol. The van der Waals surface area contributed by atoms with Crippen LogP contribution in [0.3, 0.4) is 0 Å². The Morgan fingerprint density at radius 1 is 1.44 bits per heavy atom. The van der Waals surface area contributed by atoms with E-state index in [9.17, 15) is 0 Å². The van der Waals surface area contributed by atoms with Gasteiger partial charge in [0, 0.05) is 16.6 Å². The Kier molecular flexibility index (Phi) is 3.27. The molecule has 0 aliphatic heterocycles. The average molecular weight is 237 g/mol. The lowest BCUT2D eigenvalue weighted by atomic mass is 10.2. The van der Waals surface area contributed by atoms with Gasteiger partial charge in [0.1, 0.15) is 6.26 Å². The number of nitrogens with one attached hydrogen (secondary N) is 1. The van der Waals surface area contributed by atoms with Gasteiger partial charge in [-0.3, -0.25) is 0 Å². The van der Waals surface area contributed by atoms with E-state index in [1.807, 2.05) is 38.2 Å². The lowest BCUT2D eigenvalue weighted by Gasteiger charge is -2.03. The molecule has 1 heterocycles. The zero-order valence-electron chi connectivity index (χ0n) is 9.20. The highest BCUT2D eigenvalue weighted by Gasteiger charge is 2.10. The van der Waals surface area contributed by atoms with Gasteiger partial charge in [0.15, 0.2) is 0 Å². The fraction of sp³-hybridized carbons (Fsp3) is 0.250. The van der Waals surface area contributed by atoms with Crippen LogP contribution in [0.25, 0.3) is 11.5 Å². The van der Waals surface area contributed by atoms with E-state index in [0.29, 0.717) is 10.9 Å². The van der Waals surface area contributed by atoms with Crippen LogP contribution in [-0.4, -0.2) is 12.0 Å². The zero-order valence-corrected chi connectivity index (χ0v) is 9.95. The van der Waals surface area contributed by atoms with Crippen molar-refractivity contribution in [3.05, 3.63) is 41.2 Å². The van der Waals surface area contributed by atoms with Crippen LogP contribution in [0.1, 0.15) is 18.7 Å². The topological polar surface area (TPSA) is 38.1 Å². The van der Waals surface area contributed by atoms with Crippen LogP contribution in [0.2, 0.25) is 5.02 Å². The van der Waals surface area contributed by atoms with E-state index in [1.54, 1.807) is 6.26 Å². The van der Waals surface area contributed by atoms with Gasteiger partial charge in [0.25, 0.3) is 0 Å². The summed E-state index contributed by atoms with van der Waals surface area (Å²) in [6.45, 7) is 2.03. The Morgan fingerprint density at radius 2 is 2.25 bits per heavy atom. The van der Waals surface area contributed by atoms with Gasteiger partial charge in [-0.1, -0.05) is 17.7 Å². The second kappa shape index (κ2) is 4.68. The minimum absolute atomic E-state index is 0.177. The van der Waals surface area contributed by atoms with Gasteiger partial charge >= 0.3 is 0 Å². The Morgan fingerprint density at radius 3 is 2.94 bits per heavy atom. The van der Waals surface area contributed by atoms with Crippen LogP contribution in [0.4, 0.5) is 0 Å². The molecule has 84 valence electrons. The molecule has 1 aromatic carbocycles. The zero-order chi connectivity index (χ0) is 11.5.